The van der Waals surface area contributed by atoms with E-state index in [2.05, 4.69) is 11.1 Å². The molecule has 5 nitrogen and oxygen atoms in total. The number of aromatic nitrogens is 1. The van der Waals surface area contributed by atoms with Crippen LogP contribution in [0.25, 0.3) is 0 Å². The van der Waals surface area contributed by atoms with E-state index >= 15 is 0 Å². The lowest BCUT2D eigenvalue weighted by molar-refractivity contribution is -0.135. The molecule has 0 N–H and O–H groups in total. The van der Waals surface area contributed by atoms with E-state index in [1.165, 1.54) is 0 Å². The molecule has 0 spiro atoms. The van der Waals surface area contributed by atoms with Gasteiger partial charge in [-0.05, 0) is 36.1 Å². The molecule has 128 valence electrons. The summed E-state index contributed by atoms with van der Waals surface area (Å²) in [5, 5.41) is 0. The second-order valence-electron chi connectivity index (χ2n) is 6.70. The number of likely N-dealkylation sites (tertiary alicyclic amines) is 1. The predicted octanol–water partition coefficient (Wildman–Crippen LogP) is 2.27. The lowest BCUT2D eigenvalue weighted by Crippen LogP contribution is -2.53. The molecule has 1 aromatic heterocycles. The van der Waals surface area contributed by atoms with Crippen molar-refractivity contribution in [3.63, 3.8) is 0 Å². The molecule has 0 radical (unpaired) electrons. The van der Waals surface area contributed by atoms with Gasteiger partial charge in [0.15, 0.2) is 0 Å². The molecule has 3 heterocycles. The van der Waals surface area contributed by atoms with Gasteiger partial charge in [0.05, 0.1) is 5.56 Å². The minimum atomic E-state index is -0.430. The van der Waals surface area contributed by atoms with Gasteiger partial charge in [-0.1, -0.05) is 24.3 Å². The van der Waals surface area contributed by atoms with Crippen LogP contribution in [0.1, 0.15) is 34.3 Å². The highest BCUT2D eigenvalue weighted by Crippen LogP contribution is 2.27. The predicted molar refractivity (Wildman–Crippen MR) is 93.9 cm³/mol. The molecule has 0 aliphatic carbocycles. The lowest BCUT2D eigenvalue weighted by Gasteiger charge is -2.37. The summed E-state index contributed by atoms with van der Waals surface area (Å²) in [5.41, 5.74) is 2.81. The summed E-state index contributed by atoms with van der Waals surface area (Å²) in [4.78, 5) is 33.8. The SMILES string of the molecule is O=C([C@@H]1Cc2ccccc2CN1C(=O)c1cccnc1)N1CCCC1. The van der Waals surface area contributed by atoms with E-state index in [4.69, 9.17) is 0 Å². The number of nitrogens with zero attached hydrogens (tertiary/aromatic N) is 3. The van der Waals surface area contributed by atoms with Gasteiger partial charge in [0.1, 0.15) is 6.04 Å². The molecule has 0 bridgehead atoms. The molecular weight excluding hydrogens is 314 g/mol. The number of benzene rings is 1. The van der Waals surface area contributed by atoms with Gasteiger partial charge in [0.2, 0.25) is 5.91 Å². The summed E-state index contributed by atoms with van der Waals surface area (Å²) >= 11 is 0. The van der Waals surface area contributed by atoms with E-state index < -0.39 is 6.04 Å². The number of hydrogen-bond acceptors (Lipinski definition) is 3. The Bertz CT molecular complexity index is 785. The normalized spacial score (nSPS) is 19.6. The van der Waals surface area contributed by atoms with Crippen LogP contribution >= 0.6 is 0 Å². The monoisotopic (exact) mass is 335 g/mol. The first-order valence-electron chi connectivity index (χ1n) is 8.80. The Morgan fingerprint density at radius 1 is 1.00 bits per heavy atom. The zero-order valence-corrected chi connectivity index (χ0v) is 14.1. The molecule has 1 saturated heterocycles. The fourth-order valence-corrected chi connectivity index (χ4v) is 3.76. The van der Waals surface area contributed by atoms with Gasteiger partial charge in [-0.25, -0.2) is 0 Å². The topological polar surface area (TPSA) is 53.5 Å². The summed E-state index contributed by atoms with van der Waals surface area (Å²) in [6.07, 6.45) is 5.89. The van der Waals surface area contributed by atoms with Gasteiger partial charge in [0.25, 0.3) is 5.91 Å². The third kappa shape index (κ3) is 3.02. The lowest BCUT2D eigenvalue weighted by atomic mass is 9.92. The fourth-order valence-electron chi connectivity index (χ4n) is 3.76. The van der Waals surface area contributed by atoms with Crippen molar-refractivity contribution in [2.45, 2.75) is 31.8 Å². The molecule has 2 aliphatic rings. The van der Waals surface area contributed by atoms with Crippen molar-refractivity contribution >= 4 is 11.8 Å². The van der Waals surface area contributed by atoms with Gasteiger partial charge in [0, 0.05) is 38.4 Å². The molecule has 0 unspecified atom stereocenters. The highest BCUT2D eigenvalue weighted by atomic mass is 16.2. The zero-order valence-electron chi connectivity index (χ0n) is 14.1. The van der Waals surface area contributed by atoms with Crippen LogP contribution in [0.5, 0.6) is 0 Å². The summed E-state index contributed by atoms with van der Waals surface area (Å²) in [7, 11) is 0. The average molecular weight is 335 g/mol. The van der Waals surface area contributed by atoms with Crippen molar-refractivity contribution in [3.8, 4) is 0 Å². The molecule has 0 saturated carbocycles. The Morgan fingerprint density at radius 3 is 2.48 bits per heavy atom. The first-order valence-corrected chi connectivity index (χ1v) is 8.80. The largest absolute Gasteiger partial charge is 0.341 e. The van der Waals surface area contributed by atoms with Crippen LogP contribution in [0.3, 0.4) is 0 Å². The van der Waals surface area contributed by atoms with E-state index in [9.17, 15) is 9.59 Å². The summed E-state index contributed by atoms with van der Waals surface area (Å²) in [6, 6.07) is 11.2. The highest BCUT2D eigenvalue weighted by molar-refractivity contribution is 5.97. The minimum absolute atomic E-state index is 0.0734. The molecule has 4 rings (SSSR count). The van der Waals surface area contributed by atoms with Gasteiger partial charge in [-0.2, -0.15) is 0 Å². The average Bonchev–Trinajstić information content (AvgIpc) is 3.21. The Hall–Kier alpha value is -2.69. The maximum atomic E-state index is 13.1. The summed E-state index contributed by atoms with van der Waals surface area (Å²) in [5.74, 6) is -0.0515. The number of carbonyl (C=O) groups is 2. The molecule has 2 aromatic rings. The van der Waals surface area contributed by atoms with Crippen LogP contribution in [0, 0.1) is 0 Å². The van der Waals surface area contributed by atoms with Crippen LogP contribution in [0.4, 0.5) is 0 Å². The second-order valence-corrected chi connectivity index (χ2v) is 6.70. The molecule has 1 fully saturated rings. The van der Waals surface area contributed by atoms with Crippen molar-refractivity contribution < 1.29 is 9.59 Å². The maximum Gasteiger partial charge on any atom is 0.256 e. The molecular formula is C20H21N3O2. The summed E-state index contributed by atoms with van der Waals surface area (Å²) in [6.45, 7) is 2.06. The Morgan fingerprint density at radius 2 is 1.76 bits per heavy atom. The number of pyridine rings is 1. The van der Waals surface area contributed by atoms with Crippen molar-refractivity contribution in [1.82, 2.24) is 14.8 Å². The molecule has 2 aliphatic heterocycles. The van der Waals surface area contributed by atoms with E-state index in [1.54, 1.807) is 29.4 Å². The Labute approximate surface area is 147 Å². The van der Waals surface area contributed by atoms with Crippen molar-refractivity contribution in [1.29, 1.82) is 0 Å². The first-order chi connectivity index (χ1) is 12.2. The van der Waals surface area contributed by atoms with E-state index in [1.807, 2.05) is 23.1 Å². The molecule has 1 atom stereocenters. The molecule has 1 aromatic carbocycles. The third-order valence-electron chi connectivity index (χ3n) is 5.12. The van der Waals surface area contributed by atoms with E-state index in [0.717, 1.165) is 37.1 Å². The number of fused-ring (bicyclic) bond motifs is 1. The van der Waals surface area contributed by atoms with Crippen LogP contribution in [-0.4, -0.2) is 45.7 Å². The standard InChI is InChI=1S/C20H21N3O2/c24-19(16-8-5-9-21-13-16)23-14-17-7-2-1-6-15(17)12-18(23)20(25)22-10-3-4-11-22/h1-2,5-9,13,18H,3-4,10-12,14H2/t18-/m0/s1. The molecule has 5 heteroatoms. The van der Waals surface area contributed by atoms with Crippen LogP contribution < -0.4 is 0 Å². The number of carbonyl (C=O) groups excluding carboxylic acids is 2. The van der Waals surface area contributed by atoms with Gasteiger partial charge >= 0.3 is 0 Å². The quantitative estimate of drug-likeness (QED) is 0.846. The first kappa shape index (κ1) is 15.8. The maximum absolute atomic E-state index is 13.1. The smallest absolute Gasteiger partial charge is 0.256 e. The van der Waals surface area contributed by atoms with Gasteiger partial charge in [-0.15, -0.1) is 0 Å². The fraction of sp³-hybridized carbons (Fsp3) is 0.350. The van der Waals surface area contributed by atoms with Crippen LogP contribution in [-0.2, 0) is 17.8 Å². The van der Waals surface area contributed by atoms with Crippen LogP contribution in [0.2, 0.25) is 0 Å². The molecule has 25 heavy (non-hydrogen) atoms. The number of hydrogen-bond donors (Lipinski definition) is 0. The van der Waals surface area contributed by atoms with Crippen molar-refractivity contribution in [2.24, 2.45) is 0 Å². The minimum Gasteiger partial charge on any atom is -0.341 e. The van der Waals surface area contributed by atoms with E-state index in [-0.39, 0.29) is 11.8 Å². The van der Waals surface area contributed by atoms with E-state index in [0.29, 0.717) is 18.5 Å². The van der Waals surface area contributed by atoms with Gasteiger partial charge < -0.3 is 9.80 Å². The second kappa shape index (κ2) is 6.67. The summed E-state index contributed by atoms with van der Waals surface area (Å²) < 4.78 is 0. The third-order valence-corrected chi connectivity index (χ3v) is 5.12. The number of rotatable bonds is 2. The Balaban J connectivity index is 1.68. The highest BCUT2D eigenvalue weighted by Gasteiger charge is 2.37. The zero-order chi connectivity index (χ0) is 17.2. The van der Waals surface area contributed by atoms with Gasteiger partial charge in [-0.3, -0.25) is 14.6 Å². The number of amides is 2. The molecule has 2 amide bonds. The van der Waals surface area contributed by atoms with Crippen molar-refractivity contribution in [2.75, 3.05) is 13.1 Å². The van der Waals surface area contributed by atoms with Crippen molar-refractivity contribution in [3.05, 3.63) is 65.5 Å². The Kier molecular flexibility index (Phi) is 4.22. The van der Waals surface area contributed by atoms with Crippen LogP contribution in [0.15, 0.2) is 48.8 Å².